The maximum absolute atomic E-state index is 12.8. The SMILES string of the molecule is O=C(NCC(=O)N1CCCC1)c1ccc(-c2cccc(C(F)(F)F)c2)cc1. The minimum atomic E-state index is -4.41. The summed E-state index contributed by atoms with van der Waals surface area (Å²) >= 11 is 0. The van der Waals surface area contributed by atoms with Crippen molar-refractivity contribution in [3.8, 4) is 11.1 Å². The Labute approximate surface area is 155 Å². The van der Waals surface area contributed by atoms with Gasteiger partial charge in [-0.3, -0.25) is 9.59 Å². The molecule has 0 atom stereocenters. The third-order valence-corrected chi connectivity index (χ3v) is 4.53. The van der Waals surface area contributed by atoms with E-state index in [0.717, 1.165) is 38.1 Å². The Hall–Kier alpha value is -2.83. The van der Waals surface area contributed by atoms with E-state index in [1.165, 1.54) is 18.2 Å². The van der Waals surface area contributed by atoms with E-state index in [2.05, 4.69) is 5.32 Å². The van der Waals surface area contributed by atoms with Crippen molar-refractivity contribution < 1.29 is 22.8 Å². The zero-order chi connectivity index (χ0) is 19.4. The van der Waals surface area contributed by atoms with Gasteiger partial charge < -0.3 is 10.2 Å². The van der Waals surface area contributed by atoms with Crippen LogP contribution in [0.4, 0.5) is 13.2 Å². The Kier molecular flexibility index (Phi) is 5.48. The number of likely N-dealkylation sites (tertiary alicyclic amines) is 1. The lowest BCUT2D eigenvalue weighted by Gasteiger charge is -2.15. The topological polar surface area (TPSA) is 49.4 Å². The number of carbonyl (C=O) groups excluding carboxylic acids is 2. The Morgan fingerprint density at radius 3 is 2.26 bits per heavy atom. The van der Waals surface area contributed by atoms with Gasteiger partial charge in [0.25, 0.3) is 5.91 Å². The average molecular weight is 376 g/mol. The fourth-order valence-corrected chi connectivity index (χ4v) is 3.03. The van der Waals surface area contributed by atoms with Gasteiger partial charge in [-0.05, 0) is 48.2 Å². The summed E-state index contributed by atoms with van der Waals surface area (Å²) in [5, 5.41) is 2.58. The highest BCUT2D eigenvalue weighted by atomic mass is 19.4. The van der Waals surface area contributed by atoms with Crippen LogP contribution in [0.25, 0.3) is 11.1 Å². The zero-order valence-corrected chi connectivity index (χ0v) is 14.6. The molecule has 0 saturated carbocycles. The molecule has 0 bridgehead atoms. The zero-order valence-electron chi connectivity index (χ0n) is 14.6. The van der Waals surface area contributed by atoms with E-state index in [0.29, 0.717) is 16.7 Å². The first-order valence-electron chi connectivity index (χ1n) is 8.68. The second-order valence-corrected chi connectivity index (χ2v) is 6.43. The standard InChI is InChI=1S/C20H19F3N2O2/c21-20(22,23)17-5-3-4-16(12-17)14-6-8-15(9-7-14)19(27)24-13-18(26)25-10-1-2-11-25/h3-9,12H,1-2,10-11,13H2,(H,24,27). The molecule has 0 aliphatic carbocycles. The summed E-state index contributed by atoms with van der Waals surface area (Å²) < 4.78 is 38.5. The minimum absolute atomic E-state index is 0.0613. The molecular formula is C20H19F3N2O2. The van der Waals surface area contributed by atoms with E-state index >= 15 is 0 Å². The normalized spacial score (nSPS) is 14.3. The number of halogens is 3. The van der Waals surface area contributed by atoms with E-state index in [-0.39, 0.29) is 12.5 Å². The smallest absolute Gasteiger partial charge is 0.343 e. The minimum Gasteiger partial charge on any atom is -0.343 e. The second-order valence-electron chi connectivity index (χ2n) is 6.43. The molecule has 1 saturated heterocycles. The van der Waals surface area contributed by atoms with Crippen LogP contribution in [0.5, 0.6) is 0 Å². The van der Waals surface area contributed by atoms with Crippen LogP contribution in [0.1, 0.15) is 28.8 Å². The van der Waals surface area contributed by atoms with Gasteiger partial charge in [-0.15, -0.1) is 0 Å². The summed E-state index contributed by atoms with van der Waals surface area (Å²) in [6.45, 7) is 1.38. The molecule has 2 aromatic rings. The summed E-state index contributed by atoms with van der Waals surface area (Å²) in [7, 11) is 0. The number of hydrogen-bond acceptors (Lipinski definition) is 2. The quantitative estimate of drug-likeness (QED) is 0.884. The molecule has 0 spiro atoms. The number of nitrogens with zero attached hydrogens (tertiary/aromatic N) is 1. The largest absolute Gasteiger partial charge is 0.416 e. The first-order chi connectivity index (χ1) is 12.8. The van der Waals surface area contributed by atoms with Crippen LogP contribution in [0.15, 0.2) is 48.5 Å². The molecule has 142 valence electrons. The van der Waals surface area contributed by atoms with Crippen molar-refractivity contribution in [2.75, 3.05) is 19.6 Å². The van der Waals surface area contributed by atoms with Crippen molar-refractivity contribution in [3.63, 3.8) is 0 Å². The lowest BCUT2D eigenvalue weighted by molar-refractivity contribution is -0.137. The van der Waals surface area contributed by atoms with Gasteiger partial charge in [0.05, 0.1) is 12.1 Å². The number of nitrogens with one attached hydrogen (secondary N) is 1. The van der Waals surface area contributed by atoms with Crippen LogP contribution in [0.3, 0.4) is 0 Å². The first kappa shape index (κ1) is 18.9. The molecule has 1 fully saturated rings. The van der Waals surface area contributed by atoms with E-state index in [4.69, 9.17) is 0 Å². The third-order valence-electron chi connectivity index (χ3n) is 4.53. The van der Waals surface area contributed by atoms with Gasteiger partial charge >= 0.3 is 6.18 Å². The van der Waals surface area contributed by atoms with E-state index in [1.807, 2.05) is 0 Å². The fourth-order valence-electron chi connectivity index (χ4n) is 3.03. The Morgan fingerprint density at radius 2 is 1.63 bits per heavy atom. The van der Waals surface area contributed by atoms with Gasteiger partial charge in [-0.25, -0.2) is 0 Å². The summed E-state index contributed by atoms with van der Waals surface area (Å²) in [5.74, 6) is -0.500. The molecule has 0 aromatic heterocycles. The molecule has 0 unspecified atom stereocenters. The number of carbonyl (C=O) groups is 2. The third kappa shape index (κ3) is 4.67. The molecule has 0 radical (unpaired) electrons. The summed E-state index contributed by atoms with van der Waals surface area (Å²) in [5.41, 5.74) is 0.619. The van der Waals surface area contributed by atoms with Crippen LogP contribution in [-0.4, -0.2) is 36.3 Å². The first-order valence-corrected chi connectivity index (χ1v) is 8.68. The number of benzene rings is 2. The van der Waals surface area contributed by atoms with E-state index < -0.39 is 17.6 Å². The van der Waals surface area contributed by atoms with Gasteiger partial charge in [0.2, 0.25) is 5.91 Å². The molecule has 1 N–H and O–H groups in total. The highest BCUT2D eigenvalue weighted by molar-refractivity contribution is 5.96. The summed E-state index contributed by atoms with van der Waals surface area (Å²) in [6.07, 6.45) is -2.44. The molecule has 1 heterocycles. The van der Waals surface area contributed by atoms with Crippen molar-refractivity contribution in [2.24, 2.45) is 0 Å². The van der Waals surface area contributed by atoms with Gasteiger partial charge in [0.1, 0.15) is 0 Å². The summed E-state index contributed by atoms with van der Waals surface area (Å²) in [6, 6.07) is 11.3. The van der Waals surface area contributed by atoms with Crippen LogP contribution >= 0.6 is 0 Å². The van der Waals surface area contributed by atoms with Crippen LogP contribution in [-0.2, 0) is 11.0 Å². The van der Waals surface area contributed by atoms with Crippen molar-refractivity contribution >= 4 is 11.8 Å². The Bertz CT molecular complexity index is 826. The molecule has 27 heavy (non-hydrogen) atoms. The molecule has 2 aromatic carbocycles. The Balaban J connectivity index is 1.64. The molecule has 7 heteroatoms. The van der Waals surface area contributed by atoms with E-state index in [9.17, 15) is 22.8 Å². The van der Waals surface area contributed by atoms with Crippen LogP contribution in [0.2, 0.25) is 0 Å². The number of alkyl halides is 3. The highest BCUT2D eigenvalue weighted by Gasteiger charge is 2.30. The van der Waals surface area contributed by atoms with Crippen molar-refractivity contribution in [1.82, 2.24) is 10.2 Å². The van der Waals surface area contributed by atoms with Crippen molar-refractivity contribution in [3.05, 3.63) is 59.7 Å². The molecule has 2 amide bonds. The molecule has 1 aliphatic rings. The van der Waals surface area contributed by atoms with Crippen molar-refractivity contribution in [1.29, 1.82) is 0 Å². The lowest BCUT2D eigenvalue weighted by atomic mass is 10.0. The van der Waals surface area contributed by atoms with Gasteiger partial charge in [-0.2, -0.15) is 13.2 Å². The number of rotatable bonds is 4. The fraction of sp³-hybridized carbons (Fsp3) is 0.300. The number of amides is 2. The van der Waals surface area contributed by atoms with Gasteiger partial charge in [-0.1, -0.05) is 24.3 Å². The summed E-state index contributed by atoms with van der Waals surface area (Å²) in [4.78, 5) is 25.8. The molecule has 1 aliphatic heterocycles. The molecule has 3 rings (SSSR count). The molecular weight excluding hydrogens is 357 g/mol. The Morgan fingerprint density at radius 1 is 0.963 bits per heavy atom. The second kappa shape index (κ2) is 7.82. The van der Waals surface area contributed by atoms with Crippen LogP contribution in [0, 0.1) is 0 Å². The maximum Gasteiger partial charge on any atom is 0.416 e. The van der Waals surface area contributed by atoms with Crippen LogP contribution < -0.4 is 5.32 Å². The van der Waals surface area contributed by atoms with E-state index in [1.54, 1.807) is 23.1 Å². The lowest BCUT2D eigenvalue weighted by Crippen LogP contribution is -2.38. The highest BCUT2D eigenvalue weighted by Crippen LogP contribution is 2.32. The van der Waals surface area contributed by atoms with Crippen molar-refractivity contribution in [2.45, 2.75) is 19.0 Å². The predicted molar refractivity (Wildman–Crippen MR) is 95.0 cm³/mol. The predicted octanol–water partition coefficient (Wildman–Crippen LogP) is 3.72. The monoisotopic (exact) mass is 376 g/mol. The maximum atomic E-state index is 12.8. The average Bonchev–Trinajstić information content (AvgIpc) is 3.20. The van der Waals surface area contributed by atoms with Gasteiger partial charge in [0, 0.05) is 18.7 Å². The number of hydrogen-bond donors (Lipinski definition) is 1. The van der Waals surface area contributed by atoms with Gasteiger partial charge in [0.15, 0.2) is 0 Å². The molecule has 4 nitrogen and oxygen atoms in total.